The maximum absolute atomic E-state index is 12.5. The van der Waals surface area contributed by atoms with Crippen molar-refractivity contribution in [2.45, 2.75) is 6.18 Å². The fourth-order valence-electron chi connectivity index (χ4n) is 1.23. The van der Waals surface area contributed by atoms with E-state index >= 15 is 0 Å². The van der Waals surface area contributed by atoms with Gasteiger partial charge in [0.15, 0.2) is 5.82 Å². The molecule has 0 unspecified atom stereocenters. The van der Waals surface area contributed by atoms with Crippen LogP contribution in [0.25, 0.3) is 11.4 Å². The molecule has 7 heteroatoms. The van der Waals surface area contributed by atoms with Gasteiger partial charge in [-0.15, -0.1) is 0 Å². The van der Waals surface area contributed by atoms with Crippen molar-refractivity contribution in [1.29, 1.82) is 0 Å². The Morgan fingerprint density at radius 3 is 2.59 bits per heavy atom. The van der Waals surface area contributed by atoms with E-state index in [9.17, 15) is 13.2 Å². The van der Waals surface area contributed by atoms with Crippen molar-refractivity contribution in [2.75, 3.05) is 5.73 Å². The van der Waals surface area contributed by atoms with Crippen LogP contribution in [0, 0.1) is 0 Å². The molecule has 2 aromatic heterocycles. The summed E-state index contributed by atoms with van der Waals surface area (Å²) < 4.78 is 37.4. The van der Waals surface area contributed by atoms with Crippen molar-refractivity contribution in [2.24, 2.45) is 0 Å². The lowest BCUT2D eigenvalue weighted by Gasteiger charge is -2.07. The summed E-state index contributed by atoms with van der Waals surface area (Å²) in [7, 11) is 0. The molecule has 0 saturated heterocycles. The molecular formula is C10H7F3N4. The molecular weight excluding hydrogens is 233 g/mol. The summed E-state index contributed by atoms with van der Waals surface area (Å²) in [4.78, 5) is 11.2. The molecule has 0 bridgehead atoms. The zero-order chi connectivity index (χ0) is 12.5. The number of alkyl halides is 3. The van der Waals surface area contributed by atoms with E-state index in [2.05, 4.69) is 15.0 Å². The van der Waals surface area contributed by atoms with Crippen LogP contribution >= 0.6 is 0 Å². The van der Waals surface area contributed by atoms with Crippen LogP contribution in [-0.4, -0.2) is 15.0 Å². The Bertz CT molecular complexity index is 539. The molecule has 0 spiro atoms. The van der Waals surface area contributed by atoms with Gasteiger partial charge in [0.05, 0.1) is 5.56 Å². The van der Waals surface area contributed by atoms with Gasteiger partial charge < -0.3 is 5.73 Å². The van der Waals surface area contributed by atoms with Gasteiger partial charge in [-0.1, -0.05) is 0 Å². The Morgan fingerprint density at radius 2 is 1.94 bits per heavy atom. The number of aromatic nitrogens is 3. The second kappa shape index (κ2) is 4.00. The van der Waals surface area contributed by atoms with Gasteiger partial charge in [-0.3, -0.25) is 4.98 Å². The first-order valence-electron chi connectivity index (χ1n) is 4.58. The number of anilines is 1. The van der Waals surface area contributed by atoms with Gasteiger partial charge in [-0.25, -0.2) is 9.97 Å². The molecule has 0 aliphatic rings. The number of rotatable bonds is 1. The average molecular weight is 240 g/mol. The third-order valence-electron chi connectivity index (χ3n) is 2.00. The minimum atomic E-state index is -4.44. The highest BCUT2D eigenvalue weighted by molar-refractivity contribution is 5.56. The highest BCUT2D eigenvalue weighted by atomic mass is 19.4. The van der Waals surface area contributed by atoms with Gasteiger partial charge in [-0.2, -0.15) is 13.2 Å². The van der Waals surface area contributed by atoms with E-state index in [1.807, 2.05) is 0 Å². The number of hydrogen-bond donors (Lipinski definition) is 1. The largest absolute Gasteiger partial charge is 0.417 e. The topological polar surface area (TPSA) is 64.7 Å². The number of nitrogens with two attached hydrogens (primary N) is 1. The molecule has 2 N–H and O–H groups in total. The molecule has 0 aliphatic heterocycles. The molecule has 2 heterocycles. The van der Waals surface area contributed by atoms with Crippen molar-refractivity contribution < 1.29 is 13.2 Å². The van der Waals surface area contributed by atoms with Crippen molar-refractivity contribution in [3.05, 3.63) is 36.3 Å². The first kappa shape index (κ1) is 11.3. The number of nitrogens with zero attached hydrogens (tertiary/aromatic N) is 3. The number of halogens is 3. The third-order valence-corrected chi connectivity index (χ3v) is 2.00. The van der Waals surface area contributed by atoms with Gasteiger partial charge in [0.1, 0.15) is 5.82 Å². The van der Waals surface area contributed by atoms with E-state index < -0.39 is 11.7 Å². The molecule has 0 amide bonds. The molecule has 2 rings (SSSR count). The summed E-state index contributed by atoms with van der Waals surface area (Å²) in [5, 5.41) is 0. The quantitative estimate of drug-likeness (QED) is 0.829. The fraction of sp³-hybridized carbons (Fsp3) is 0.100. The summed E-state index contributed by atoms with van der Waals surface area (Å²) in [5.41, 5.74) is 4.75. The lowest BCUT2D eigenvalue weighted by atomic mass is 10.2. The molecule has 0 fully saturated rings. The average Bonchev–Trinajstić information content (AvgIpc) is 2.28. The molecule has 0 radical (unpaired) electrons. The van der Waals surface area contributed by atoms with Crippen LogP contribution in [0.4, 0.5) is 19.0 Å². The van der Waals surface area contributed by atoms with Gasteiger partial charge in [-0.05, 0) is 12.1 Å². The normalized spacial score (nSPS) is 11.5. The third kappa shape index (κ3) is 2.49. The molecule has 88 valence electrons. The molecule has 2 aromatic rings. The van der Waals surface area contributed by atoms with Crippen molar-refractivity contribution >= 4 is 5.82 Å². The van der Waals surface area contributed by atoms with Crippen LogP contribution in [0.15, 0.2) is 30.7 Å². The Morgan fingerprint density at radius 1 is 1.18 bits per heavy atom. The van der Waals surface area contributed by atoms with Gasteiger partial charge in [0.25, 0.3) is 0 Å². The Balaban J connectivity index is 2.47. The van der Waals surface area contributed by atoms with Crippen molar-refractivity contribution in [3.63, 3.8) is 0 Å². The second-order valence-corrected chi connectivity index (χ2v) is 3.27. The van der Waals surface area contributed by atoms with Crippen LogP contribution in [0.1, 0.15) is 5.56 Å². The number of pyridine rings is 1. The zero-order valence-electron chi connectivity index (χ0n) is 8.44. The second-order valence-electron chi connectivity index (χ2n) is 3.27. The summed E-state index contributed by atoms with van der Waals surface area (Å²) >= 11 is 0. The Hall–Kier alpha value is -2.18. The van der Waals surface area contributed by atoms with Crippen LogP contribution in [0.5, 0.6) is 0 Å². The molecule has 0 atom stereocenters. The molecule has 0 aromatic carbocycles. The Kier molecular flexibility index (Phi) is 2.66. The minimum Gasteiger partial charge on any atom is -0.384 e. The predicted molar refractivity (Wildman–Crippen MR) is 54.7 cm³/mol. The van der Waals surface area contributed by atoms with E-state index in [1.54, 1.807) is 0 Å². The fourth-order valence-corrected chi connectivity index (χ4v) is 1.23. The zero-order valence-corrected chi connectivity index (χ0v) is 8.44. The van der Waals surface area contributed by atoms with Crippen LogP contribution in [0.2, 0.25) is 0 Å². The minimum absolute atomic E-state index is 0.114. The van der Waals surface area contributed by atoms with Crippen LogP contribution < -0.4 is 5.73 Å². The number of nitrogen functional groups attached to an aromatic ring is 1. The number of hydrogen-bond acceptors (Lipinski definition) is 4. The van der Waals surface area contributed by atoms with Gasteiger partial charge >= 0.3 is 6.18 Å². The van der Waals surface area contributed by atoms with Gasteiger partial charge in [0.2, 0.25) is 0 Å². The maximum Gasteiger partial charge on any atom is 0.417 e. The molecule has 0 saturated carbocycles. The molecule has 17 heavy (non-hydrogen) atoms. The van der Waals surface area contributed by atoms with Gasteiger partial charge in [0, 0.05) is 24.2 Å². The molecule has 4 nitrogen and oxygen atoms in total. The first-order valence-corrected chi connectivity index (χ1v) is 4.58. The lowest BCUT2D eigenvalue weighted by molar-refractivity contribution is -0.137. The standard InChI is InChI=1S/C10H7F3N4/c11-10(12,13)7-3-6(4-15-5-7)9-16-2-1-8(14)17-9/h1-5H,(H2,14,16,17). The van der Waals surface area contributed by atoms with Crippen molar-refractivity contribution in [1.82, 2.24) is 15.0 Å². The molecule has 0 aliphatic carbocycles. The van der Waals surface area contributed by atoms with Crippen LogP contribution in [-0.2, 0) is 6.18 Å². The monoisotopic (exact) mass is 240 g/mol. The summed E-state index contributed by atoms with van der Waals surface area (Å²) in [6.45, 7) is 0. The predicted octanol–water partition coefficient (Wildman–Crippen LogP) is 2.14. The van der Waals surface area contributed by atoms with Crippen molar-refractivity contribution in [3.8, 4) is 11.4 Å². The van der Waals surface area contributed by atoms with E-state index in [4.69, 9.17) is 5.73 Å². The smallest absolute Gasteiger partial charge is 0.384 e. The summed E-state index contributed by atoms with van der Waals surface area (Å²) in [6.07, 6.45) is -1.07. The van der Waals surface area contributed by atoms with Crippen LogP contribution in [0.3, 0.4) is 0 Å². The first-order chi connectivity index (χ1) is 7.97. The van der Waals surface area contributed by atoms with E-state index in [0.717, 1.165) is 12.3 Å². The highest BCUT2D eigenvalue weighted by Crippen LogP contribution is 2.30. The highest BCUT2D eigenvalue weighted by Gasteiger charge is 2.31. The lowest BCUT2D eigenvalue weighted by Crippen LogP contribution is -2.06. The Labute approximate surface area is 94.3 Å². The van der Waals surface area contributed by atoms with E-state index in [1.165, 1.54) is 18.5 Å². The van der Waals surface area contributed by atoms with E-state index in [-0.39, 0.29) is 17.2 Å². The summed E-state index contributed by atoms with van der Waals surface area (Å²) in [5.74, 6) is 0.302. The van der Waals surface area contributed by atoms with E-state index in [0.29, 0.717) is 0 Å². The maximum atomic E-state index is 12.5. The summed E-state index contributed by atoms with van der Waals surface area (Å²) in [6, 6.07) is 2.38. The SMILES string of the molecule is Nc1ccnc(-c2cncc(C(F)(F)F)c2)n1.